The van der Waals surface area contributed by atoms with Crippen LogP contribution in [0.3, 0.4) is 0 Å². The van der Waals surface area contributed by atoms with Crippen molar-refractivity contribution in [3.05, 3.63) is 12.4 Å². The number of amides is 2. The van der Waals surface area contributed by atoms with Crippen LogP contribution in [0.2, 0.25) is 0 Å². The fourth-order valence-electron chi connectivity index (χ4n) is 3.85. The van der Waals surface area contributed by atoms with Gasteiger partial charge in [0, 0.05) is 50.8 Å². The number of rotatable bonds is 6. The monoisotopic (exact) mass is 347 g/mol. The first kappa shape index (κ1) is 17.8. The molecule has 2 aliphatic rings. The maximum atomic E-state index is 12.3. The summed E-state index contributed by atoms with van der Waals surface area (Å²) in [5, 5.41) is 10.3. The molecular weight excluding hydrogens is 318 g/mol. The number of carbonyl (C=O) groups excluding carboxylic acids is 2. The van der Waals surface area contributed by atoms with Crippen LogP contribution in [0.4, 0.5) is 5.69 Å². The lowest BCUT2D eigenvalue weighted by Crippen LogP contribution is -2.42. The second-order valence-corrected chi connectivity index (χ2v) is 7.47. The number of carbonyl (C=O) groups is 2. The van der Waals surface area contributed by atoms with Crippen molar-refractivity contribution in [1.82, 2.24) is 20.4 Å². The van der Waals surface area contributed by atoms with Crippen LogP contribution >= 0.6 is 0 Å². The van der Waals surface area contributed by atoms with Crippen molar-refractivity contribution in [2.24, 2.45) is 13.0 Å². The average Bonchev–Trinajstić information content (AvgIpc) is 3.27. The molecule has 25 heavy (non-hydrogen) atoms. The molecule has 0 unspecified atom stereocenters. The third-order valence-corrected chi connectivity index (χ3v) is 5.22. The van der Waals surface area contributed by atoms with Crippen LogP contribution < -0.4 is 15.5 Å². The van der Waals surface area contributed by atoms with Gasteiger partial charge in [-0.1, -0.05) is 12.8 Å². The predicted octanol–water partition coefficient (Wildman–Crippen LogP) is 1.20. The molecular formula is C18H29N5O2. The van der Waals surface area contributed by atoms with Crippen molar-refractivity contribution in [1.29, 1.82) is 0 Å². The molecule has 2 N–H and O–H groups in total. The zero-order chi connectivity index (χ0) is 17.8. The second-order valence-electron chi connectivity index (χ2n) is 7.47. The highest BCUT2D eigenvalue weighted by Gasteiger charge is 2.27. The quantitative estimate of drug-likeness (QED) is 0.810. The SMILES string of the molecule is C[C@@H](CC(=O)N[C@H]1CCN(c2cnn(C)c2)C1)NC(=O)C1CCCC1. The summed E-state index contributed by atoms with van der Waals surface area (Å²) < 4.78 is 1.79. The van der Waals surface area contributed by atoms with Crippen molar-refractivity contribution in [2.75, 3.05) is 18.0 Å². The minimum atomic E-state index is -0.121. The van der Waals surface area contributed by atoms with E-state index in [0.717, 1.165) is 50.9 Å². The lowest BCUT2D eigenvalue weighted by atomic mass is 10.1. The Morgan fingerprint density at radius 2 is 2.08 bits per heavy atom. The summed E-state index contributed by atoms with van der Waals surface area (Å²) >= 11 is 0. The number of anilines is 1. The van der Waals surface area contributed by atoms with Crippen LogP contribution in [0.1, 0.15) is 45.4 Å². The molecule has 1 saturated heterocycles. The van der Waals surface area contributed by atoms with Gasteiger partial charge in [0.1, 0.15) is 0 Å². The molecule has 0 bridgehead atoms. The smallest absolute Gasteiger partial charge is 0.223 e. The van der Waals surface area contributed by atoms with E-state index in [1.165, 1.54) is 0 Å². The van der Waals surface area contributed by atoms with E-state index in [9.17, 15) is 9.59 Å². The molecule has 1 aliphatic heterocycles. The predicted molar refractivity (Wildman–Crippen MR) is 96.1 cm³/mol. The van der Waals surface area contributed by atoms with Crippen molar-refractivity contribution < 1.29 is 9.59 Å². The van der Waals surface area contributed by atoms with Crippen LogP contribution in [-0.4, -0.2) is 46.8 Å². The van der Waals surface area contributed by atoms with Gasteiger partial charge in [-0.15, -0.1) is 0 Å². The largest absolute Gasteiger partial charge is 0.367 e. The lowest BCUT2D eigenvalue weighted by molar-refractivity contribution is -0.126. The van der Waals surface area contributed by atoms with Gasteiger partial charge in [-0.3, -0.25) is 14.3 Å². The van der Waals surface area contributed by atoms with Gasteiger partial charge in [-0.05, 0) is 26.2 Å². The van der Waals surface area contributed by atoms with Crippen LogP contribution in [-0.2, 0) is 16.6 Å². The van der Waals surface area contributed by atoms with E-state index in [1.54, 1.807) is 4.68 Å². The van der Waals surface area contributed by atoms with Crippen molar-refractivity contribution >= 4 is 17.5 Å². The Morgan fingerprint density at radius 1 is 1.32 bits per heavy atom. The highest BCUT2D eigenvalue weighted by molar-refractivity contribution is 5.81. The maximum absolute atomic E-state index is 12.3. The second kappa shape index (κ2) is 7.89. The van der Waals surface area contributed by atoms with Gasteiger partial charge in [0.05, 0.1) is 11.9 Å². The molecule has 1 aliphatic carbocycles. The summed E-state index contributed by atoms with van der Waals surface area (Å²) in [6, 6.07) is 0.0365. The first-order valence-electron chi connectivity index (χ1n) is 9.34. The Balaban J connectivity index is 1.39. The summed E-state index contributed by atoms with van der Waals surface area (Å²) in [5.74, 6) is 0.270. The van der Waals surface area contributed by atoms with Gasteiger partial charge in [-0.2, -0.15) is 5.10 Å². The minimum absolute atomic E-state index is 0.0114. The fraction of sp³-hybridized carbons (Fsp3) is 0.722. The summed E-state index contributed by atoms with van der Waals surface area (Å²) in [7, 11) is 1.90. The first-order valence-corrected chi connectivity index (χ1v) is 9.34. The summed E-state index contributed by atoms with van der Waals surface area (Å²) in [6.45, 7) is 3.63. The standard InChI is InChI=1S/C18H29N5O2/c1-13(20-18(25)14-5-3-4-6-14)9-17(24)21-15-7-8-23(11-15)16-10-19-22(2)12-16/h10,12-15H,3-9,11H2,1-2H3,(H,20,25)(H,21,24)/t13-,15-/m0/s1. The molecule has 7 heteroatoms. The van der Waals surface area contributed by atoms with Crippen molar-refractivity contribution in [3.8, 4) is 0 Å². The maximum Gasteiger partial charge on any atom is 0.223 e. The van der Waals surface area contributed by atoms with Gasteiger partial charge in [0.2, 0.25) is 11.8 Å². The summed E-state index contributed by atoms with van der Waals surface area (Å²) in [5.41, 5.74) is 1.09. The van der Waals surface area contributed by atoms with Crippen molar-refractivity contribution in [2.45, 2.75) is 57.5 Å². The fourth-order valence-corrected chi connectivity index (χ4v) is 3.85. The van der Waals surface area contributed by atoms with Gasteiger partial charge in [0.15, 0.2) is 0 Å². The summed E-state index contributed by atoms with van der Waals surface area (Å²) in [4.78, 5) is 26.6. The normalized spacial score (nSPS) is 22.2. The Labute approximate surface area is 149 Å². The van der Waals surface area contributed by atoms with Crippen molar-refractivity contribution in [3.63, 3.8) is 0 Å². The molecule has 0 radical (unpaired) electrons. The minimum Gasteiger partial charge on any atom is -0.367 e. The first-order chi connectivity index (χ1) is 12.0. The Hall–Kier alpha value is -2.05. The van der Waals surface area contributed by atoms with Gasteiger partial charge in [0.25, 0.3) is 0 Å². The molecule has 3 rings (SSSR count). The van der Waals surface area contributed by atoms with Crippen LogP contribution in [0, 0.1) is 5.92 Å². The molecule has 1 saturated carbocycles. The molecule has 1 aromatic heterocycles. The number of aryl methyl sites for hydroxylation is 1. The molecule has 0 spiro atoms. The van der Waals surface area contributed by atoms with Gasteiger partial charge in [-0.25, -0.2) is 0 Å². The van der Waals surface area contributed by atoms with E-state index >= 15 is 0 Å². The summed E-state index contributed by atoms with van der Waals surface area (Å²) in [6.07, 6.45) is 9.36. The van der Waals surface area contributed by atoms with E-state index < -0.39 is 0 Å². The third kappa shape index (κ3) is 4.74. The van der Waals surface area contributed by atoms with E-state index in [2.05, 4.69) is 20.6 Å². The molecule has 0 aromatic carbocycles. The molecule has 7 nitrogen and oxygen atoms in total. The Bertz CT molecular complexity index is 608. The molecule has 2 atom stereocenters. The number of aromatic nitrogens is 2. The number of nitrogens with zero attached hydrogens (tertiary/aromatic N) is 3. The Kier molecular flexibility index (Phi) is 5.60. The zero-order valence-electron chi connectivity index (χ0n) is 15.2. The average molecular weight is 347 g/mol. The lowest BCUT2D eigenvalue weighted by Gasteiger charge is -2.19. The van der Waals surface area contributed by atoms with Crippen LogP contribution in [0.25, 0.3) is 0 Å². The number of hydrogen-bond acceptors (Lipinski definition) is 4. The van der Waals surface area contributed by atoms with E-state index in [0.29, 0.717) is 6.42 Å². The molecule has 2 amide bonds. The van der Waals surface area contributed by atoms with Gasteiger partial charge < -0.3 is 15.5 Å². The molecule has 138 valence electrons. The van der Waals surface area contributed by atoms with E-state index in [-0.39, 0.29) is 29.8 Å². The topological polar surface area (TPSA) is 79.3 Å². The number of hydrogen-bond donors (Lipinski definition) is 2. The molecule has 2 heterocycles. The highest BCUT2D eigenvalue weighted by atomic mass is 16.2. The molecule has 1 aromatic rings. The van der Waals surface area contributed by atoms with E-state index in [1.807, 2.05) is 26.4 Å². The van der Waals surface area contributed by atoms with E-state index in [4.69, 9.17) is 0 Å². The van der Waals surface area contributed by atoms with Crippen LogP contribution in [0.5, 0.6) is 0 Å². The van der Waals surface area contributed by atoms with Gasteiger partial charge >= 0.3 is 0 Å². The zero-order valence-corrected chi connectivity index (χ0v) is 15.2. The highest BCUT2D eigenvalue weighted by Crippen LogP contribution is 2.24. The Morgan fingerprint density at radius 3 is 2.76 bits per heavy atom. The van der Waals surface area contributed by atoms with Crippen LogP contribution in [0.15, 0.2) is 12.4 Å². The third-order valence-electron chi connectivity index (χ3n) is 5.22. The number of nitrogens with one attached hydrogen (secondary N) is 2. The molecule has 2 fully saturated rings.